The van der Waals surface area contributed by atoms with Crippen molar-refractivity contribution in [3.8, 4) is 0 Å². The summed E-state index contributed by atoms with van der Waals surface area (Å²) in [6.45, 7) is 5.22. The first-order valence-electron chi connectivity index (χ1n) is 8.53. The normalized spacial score (nSPS) is 12.4. The van der Waals surface area contributed by atoms with E-state index in [0.717, 1.165) is 22.6 Å². The van der Waals surface area contributed by atoms with Gasteiger partial charge in [0.1, 0.15) is 5.82 Å². The van der Waals surface area contributed by atoms with Crippen LogP contribution in [0.1, 0.15) is 24.0 Å². The molecule has 0 radical (unpaired) electrons. The monoisotopic (exact) mass is 340 g/mol. The molecule has 0 aliphatic carbocycles. The van der Waals surface area contributed by atoms with Crippen molar-refractivity contribution in [1.82, 2.24) is 24.8 Å². The van der Waals surface area contributed by atoms with Crippen LogP contribution in [0, 0.1) is 6.92 Å². The van der Waals surface area contributed by atoms with E-state index in [1.807, 2.05) is 19.1 Å². The Labute approximate surface area is 146 Å². The predicted octanol–water partition coefficient (Wildman–Crippen LogP) is 1.56. The maximum atomic E-state index is 12.6. The SMILES string of the molecule is CCN(CCc1nc2ccc(C)cc2[nH]1)C(=O)[C@@H](N)Cc1cnc[nH]1. The zero-order chi connectivity index (χ0) is 17.8. The molecular weight excluding hydrogens is 316 g/mol. The van der Waals surface area contributed by atoms with E-state index >= 15 is 0 Å². The van der Waals surface area contributed by atoms with E-state index in [0.29, 0.717) is 25.9 Å². The molecule has 0 bridgehead atoms. The van der Waals surface area contributed by atoms with E-state index in [1.54, 1.807) is 17.4 Å². The van der Waals surface area contributed by atoms with Crippen molar-refractivity contribution in [2.24, 2.45) is 5.73 Å². The molecule has 3 rings (SSSR count). The number of aryl methyl sites for hydroxylation is 1. The van der Waals surface area contributed by atoms with Gasteiger partial charge in [-0.25, -0.2) is 9.97 Å². The van der Waals surface area contributed by atoms with Gasteiger partial charge in [0, 0.05) is 37.8 Å². The van der Waals surface area contributed by atoms with E-state index in [4.69, 9.17) is 5.73 Å². The Morgan fingerprint density at radius 2 is 2.24 bits per heavy atom. The first-order chi connectivity index (χ1) is 12.1. The summed E-state index contributed by atoms with van der Waals surface area (Å²) in [5, 5.41) is 0. The van der Waals surface area contributed by atoms with Crippen LogP contribution in [0.4, 0.5) is 0 Å². The molecule has 2 aromatic heterocycles. The van der Waals surface area contributed by atoms with E-state index < -0.39 is 6.04 Å². The number of carbonyl (C=O) groups excluding carboxylic acids is 1. The number of likely N-dealkylation sites (N-methyl/N-ethyl adjacent to an activating group) is 1. The van der Waals surface area contributed by atoms with Crippen LogP contribution in [0.3, 0.4) is 0 Å². The van der Waals surface area contributed by atoms with Crippen molar-refractivity contribution in [3.05, 3.63) is 47.8 Å². The number of aromatic nitrogens is 4. The lowest BCUT2D eigenvalue weighted by Gasteiger charge is -2.23. The molecule has 1 amide bonds. The highest BCUT2D eigenvalue weighted by atomic mass is 16.2. The lowest BCUT2D eigenvalue weighted by atomic mass is 10.1. The number of carbonyl (C=O) groups is 1. The minimum Gasteiger partial charge on any atom is -0.348 e. The lowest BCUT2D eigenvalue weighted by Crippen LogP contribution is -2.45. The largest absolute Gasteiger partial charge is 0.348 e. The van der Waals surface area contributed by atoms with Gasteiger partial charge in [-0.05, 0) is 31.5 Å². The number of amides is 1. The van der Waals surface area contributed by atoms with Crippen molar-refractivity contribution in [1.29, 1.82) is 0 Å². The highest BCUT2D eigenvalue weighted by Gasteiger charge is 2.21. The number of aromatic amines is 2. The van der Waals surface area contributed by atoms with Gasteiger partial charge in [-0.2, -0.15) is 0 Å². The molecule has 2 heterocycles. The third kappa shape index (κ3) is 4.06. The van der Waals surface area contributed by atoms with E-state index in [2.05, 4.69) is 32.9 Å². The fraction of sp³-hybridized carbons (Fsp3) is 0.389. The topological polar surface area (TPSA) is 104 Å². The minimum absolute atomic E-state index is 0.0518. The molecule has 0 saturated heterocycles. The molecular formula is C18H24N6O. The molecule has 0 spiro atoms. The van der Waals surface area contributed by atoms with E-state index in [-0.39, 0.29) is 5.91 Å². The molecule has 25 heavy (non-hydrogen) atoms. The summed E-state index contributed by atoms with van der Waals surface area (Å²) in [5.41, 5.74) is 10.1. The van der Waals surface area contributed by atoms with Crippen LogP contribution < -0.4 is 5.73 Å². The van der Waals surface area contributed by atoms with Gasteiger partial charge >= 0.3 is 0 Å². The van der Waals surface area contributed by atoms with Crippen LogP contribution in [0.15, 0.2) is 30.7 Å². The Balaban J connectivity index is 1.61. The first-order valence-corrected chi connectivity index (χ1v) is 8.53. The molecule has 0 unspecified atom stereocenters. The molecule has 0 saturated carbocycles. The van der Waals surface area contributed by atoms with Crippen molar-refractivity contribution in [2.45, 2.75) is 32.7 Å². The zero-order valence-electron chi connectivity index (χ0n) is 14.6. The Hall–Kier alpha value is -2.67. The second kappa shape index (κ2) is 7.48. The van der Waals surface area contributed by atoms with Gasteiger partial charge in [-0.15, -0.1) is 0 Å². The molecule has 4 N–H and O–H groups in total. The van der Waals surface area contributed by atoms with Gasteiger partial charge in [0.25, 0.3) is 0 Å². The standard InChI is InChI=1S/C18H24N6O/c1-3-24(18(25)14(19)9-13-10-20-11-21-13)7-6-17-22-15-5-4-12(2)8-16(15)23-17/h4-5,8,10-11,14H,3,6-7,9,19H2,1-2H3,(H,20,21)(H,22,23)/t14-/m0/s1. The Bertz CT molecular complexity index is 839. The average Bonchev–Trinajstić information content (AvgIpc) is 3.23. The van der Waals surface area contributed by atoms with Crippen LogP contribution in [0.2, 0.25) is 0 Å². The van der Waals surface area contributed by atoms with Crippen LogP contribution >= 0.6 is 0 Å². The molecule has 3 aromatic rings. The molecule has 1 atom stereocenters. The Morgan fingerprint density at radius 1 is 1.40 bits per heavy atom. The van der Waals surface area contributed by atoms with Gasteiger partial charge in [-0.3, -0.25) is 4.79 Å². The summed E-state index contributed by atoms with van der Waals surface area (Å²) < 4.78 is 0. The first kappa shape index (κ1) is 17.2. The number of fused-ring (bicyclic) bond motifs is 1. The summed E-state index contributed by atoms with van der Waals surface area (Å²) in [4.78, 5) is 29.2. The Kier molecular flexibility index (Phi) is 5.14. The summed E-state index contributed by atoms with van der Waals surface area (Å²) in [6, 6.07) is 5.56. The van der Waals surface area contributed by atoms with Crippen molar-refractivity contribution in [2.75, 3.05) is 13.1 Å². The van der Waals surface area contributed by atoms with E-state index in [9.17, 15) is 4.79 Å². The van der Waals surface area contributed by atoms with E-state index in [1.165, 1.54) is 5.56 Å². The second-order valence-corrected chi connectivity index (χ2v) is 6.26. The Morgan fingerprint density at radius 3 is 2.96 bits per heavy atom. The number of rotatable bonds is 7. The van der Waals surface area contributed by atoms with Crippen LogP contribution in [-0.2, 0) is 17.6 Å². The molecule has 7 heteroatoms. The quantitative estimate of drug-likeness (QED) is 0.607. The maximum absolute atomic E-state index is 12.6. The summed E-state index contributed by atoms with van der Waals surface area (Å²) in [6.07, 6.45) is 4.41. The number of hydrogen-bond acceptors (Lipinski definition) is 4. The zero-order valence-corrected chi connectivity index (χ0v) is 14.6. The van der Waals surface area contributed by atoms with Gasteiger partial charge in [0.2, 0.25) is 5.91 Å². The third-order valence-electron chi connectivity index (χ3n) is 4.31. The van der Waals surface area contributed by atoms with Gasteiger partial charge in [-0.1, -0.05) is 6.07 Å². The van der Waals surface area contributed by atoms with Crippen molar-refractivity contribution >= 4 is 16.9 Å². The molecule has 0 aliphatic heterocycles. The predicted molar refractivity (Wildman–Crippen MR) is 97.1 cm³/mol. The number of imidazole rings is 2. The molecule has 132 valence electrons. The lowest BCUT2D eigenvalue weighted by molar-refractivity contribution is -0.132. The van der Waals surface area contributed by atoms with Crippen molar-refractivity contribution in [3.63, 3.8) is 0 Å². The number of benzene rings is 1. The highest BCUT2D eigenvalue weighted by Crippen LogP contribution is 2.14. The summed E-state index contributed by atoms with van der Waals surface area (Å²) in [7, 11) is 0. The van der Waals surface area contributed by atoms with Gasteiger partial charge < -0.3 is 20.6 Å². The minimum atomic E-state index is -0.571. The fourth-order valence-electron chi connectivity index (χ4n) is 2.91. The second-order valence-electron chi connectivity index (χ2n) is 6.26. The number of nitrogens with zero attached hydrogens (tertiary/aromatic N) is 3. The van der Waals surface area contributed by atoms with Gasteiger partial charge in [0.15, 0.2) is 0 Å². The number of hydrogen-bond donors (Lipinski definition) is 3. The molecule has 0 fully saturated rings. The average molecular weight is 340 g/mol. The van der Waals surface area contributed by atoms with Crippen LogP contribution in [0.25, 0.3) is 11.0 Å². The van der Waals surface area contributed by atoms with Crippen LogP contribution in [-0.4, -0.2) is 49.9 Å². The van der Waals surface area contributed by atoms with Crippen LogP contribution in [0.5, 0.6) is 0 Å². The molecule has 1 aromatic carbocycles. The van der Waals surface area contributed by atoms with Crippen molar-refractivity contribution < 1.29 is 4.79 Å². The number of nitrogens with two attached hydrogens (primary N) is 1. The summed E-state index contributed by atoms with van der Waals surface area (Å²) >= 11 is 0. The molecule has 0 aliphatic rings. The third-order valence-corrected chi connectivity index (χ3v) is 4.31. The molecule has 7 nitrogen and oxygen atoms in total. The maximum Gasteiger partial charge on any atom is 0.239 e. The smallest absolute Gasteiger partial charge is 0.239 e. The highest BCUT2D eigenvalue weighted by molar-refractivity contribution is 5.82. The summed E-state index contributed by atoms with van der Waals surface area (Å²) in [5.74, 6) is 0.832. The van der Waals surface area contributed by atoms with Gasteiger partial charge in [0.05, 0.1) is 23.4 Å². The fourth-order valence-corrected chi connectivity index (χ4v) is 2.91. The number of nitrogens with one attached hydrogen (secondary N) is 2. The number of H-pyrrole nitrogens is 2.